The van der Waals surface area contributed by atoms with Crippen molar-refractivity contribution in [2.45, 2.75) is 0 Å². The van der Waals surface area contributed by atoms with E-state index in [2.05, 4.69) is 14.1 Å². The molecule has 0 atom stereocenters. The van der Waals surface area contributed by atoms with Crippen molar-refractivity contribution in [2.24, 2.45) is 0 Å². The number of carbonyl (C=O) groups is 1. The summed E-state index contributed by atoms with van der Waals surface area (Å²) in [5.41, 5.74) is 0.0405. The molecule has 0 saturated heterocycles. The predicted octanol–water partition coefficient (Wildman–Crippen LogP) is 3.46. The van der Waals surface area contributed by atoms with Crippen molar-refractivity contribution < 1.29 is 9.90 Å². The van der Waals surface area contributed by atoms with Crippen molar-refractivity contribution >= 4 is 58.1 Å². The van der Waals surface area contributed by atoms with E-state index in [0.717, 1.165) is 11.7 Å². The van der Waals surface area contributed by atoms with E-state index in [-0.39, 0.29) is 32.2 Å². The van der Waals surface area contributed by atoms with E-state index in [1.807, 2.05) is 0 Å². The zero-order chi connectivity index (χ0) is 13.3. The van der Waals surface area contributed by atoms with Crippen molar-refractivity contribution in [3.05, 3.63) is 33.0 Å². The van der Waals surface area contributed by atoms with Gasteiger partial charge in [-0.2, -0.15) is 8.75 Å². The molecule has 0 unspecified atom stereocenters. The van der Waals surface area contributed by atoms with Gasteiger partial charge in [-0.05, 0) is 6.07 Å². The monoisotopic (exact) mass is 323 g/mol. The van der Waals surface area contributed by atoms with Crippen LogP contribution in [0.1, 0.15) is 10.5 Å². The number of aromatic nitrogens is 2. The van der Waals surface area contributed by atoms with Gasteiger partial charge in [-0.25, -0.2) is 0 Å². The molecule has 1 amide bonds. The maximum Gasteiger partial charge on any atom is 0.277 e. The Bertz CT molecular complexity index is 577. The van der Waals surface area contributed by atoms with Gasteiger partial charge in [0.2, 0.25) is 0 Å². The van der Waals surface area contributed by atoms with Crippen LogP contribution in [0.4, 0.5) is 5.69 Å². The van der Waals surface area contributed by atoms with E-state index in [1.165, 1.54) is 12.3 Å². The highest BCUT2D eigenvalue weighted by Crippen LogP contribution is 2.42. The molecule has 2 N–H and O–H groups in total. The van der Waals surface area contributed by atoms with Crippen LogP contribution in [0.5, 0.6) is 5.75 Å². The Balaban J connectivity index is 2.38. The predicted molar refractivity (Wildman–Crippen MR) is 71.0 cm³/mol. The first-order valence-corrected chi connectivity index (χ1v) is 6.32. The SMILES string of the molecule is O=C(Nc1c(O)c(Cl)cc(Cl)c1Cl)c1cnsn1. The highest BCUT2D eigenvalue weighted by Gasteiger charge is 2.18. The Kier molecular flexibility index (Phi) is 3.91. The molecule has 18 heavy (non-hydrogen) atoms. The molecule has 1 heterocycles. The number of hydrogen-bond acceptors (Lipinski definition) is 5. The summed E-state index contributed by atoms with van der Waals surface area (Å²) in [7, 11) is 0. The number of carbonyl (C=O) groups excluding carboxylic acids is 1. The van der Waals surface area contributed by atoms with Gasteiger partial charge in [0.25, 0.3) is 5.91 Å². The Morgan fingerprint density at radius 3 is 2.67 bits per heavy atom. The fourth-order valence-corrected chi connectivity index (χ4v) is 2.21. The summed E-state index contributed by atoms with van der Waals surface area (Å²) in [6, 6.07) is 1.28. The number of anilines is 1. The maximum atomic E-state index is 11.7. The lowest BCUT2D eigenvalue weighted by atomic mass is 10.2. The first-order valence-electron chi connectivity index (χ1n) is 4.46. The Labute approximate surface area is 121 Å². The lowest BCUT2D eigenvalue weighted by Gasteiger charge is -2.10. The minimum Gasteiger partial charge on any atom is -0.504 e. The van der Waals surface area contributed by atoms with Crippen LogP contribution in [-0.2, 0) is 0 Å². The van der Waals surface area contributed by atoms with Gasteiger partial charge in [0.05, 0.1) is 33.0 Å². The number of nitrogens with one attached hydrogen (secondary N) is 1. The molecule has 0 aliphatic rings. The van der Waals surface area contributed by atoms with E-state index in [1.54, 1.807) is 0 Å². The molecule has 2 rings (SSSR count). The van der Waals surface area contributed by atoms with Crippen LogP contribution < -0.4 is 5.32 Å². The Morgan fingerprint density at radius 2 is 2.06 bits per heavy atom. The van der Waals surface area contributed by atoms with Gasteiger partial charge in [-0.1, -0.05) is 34.8 Å². The van der Waals surface area contributed by atoms with Gasteiger partial charge in [0, 0.05) is 0 Å². The highest BCUT2D eigenvalue weighted by molar-refractivity contribution is 6.99. The number of aromatic hydroxyl groups is 1. The summed E-state index contributed by atoms with van der Waals surface area (Å²) in [6.45, 7) is 0. The van der Waals surface area contributed by atoms with Crippen molar-refractivity contribution in [1.82, 2.24) is 8.75 Å². The van der Waals surface area contributed by atoms with Gasteiger partial charge >= 0.3 is 0 Å². The summed E-state index contributed by atoms with van der Waals surface area (Å²) in [5, 5.41) is 12.2. The minimum absolute atomic E-state index is 0.00453. The van der Waals surface area contributed by atoms with Crippen LogP contribution in [-0.4, -0.2) is 19.8 Å². The third-order valence-electron chi connectivity index (χ3n) is 1.98. The van der Waals surface area contributed by atoms with Crippen LogP contribution in [0.3, 0.4) is 0 Å². The number of hydrogen-bond donors (Lipinski definition) is 2. The van der Waals surface area contributed by atoms with Crippen LogP contribution in [0, 0.1) is 0 Å². The quantitative estimate of drug-likeness (QED) is 0.655. The van der Waals surface area contributed by atoms with Gasteiger partial charge in [0.15, 0.2) is 11.4 Å². The second-order valence-electron chi connectivity index (χ2n) is 3.12. The first-order chi connectivity index (χ1) is 8.50. The van der Waals surface area contributed by atoms with Gasteiger partial charge in [-0.15, -0.1) is 0 Å². The van der Waals surface area contributed by atoms with Crippen molar-refractivity contribution in [1.29, 1.82) is 0 Å². The number of benzene rings is 1. The van der Waals surface area contributed by atoms with E-state index in [4.69, 9.17) is 34.8 Å². The van der Waals surface area contributed by atoms with Gasteiger partial charge in [0.1, 0.15) is 5.69 Å². The van der Waals surface area contributed by atoms with E-state index >= 15 is 0 Å². The molecule has 0 aliphatic carbocycles. The second-order valence-corrected chi connectivity index (χ2v) is 4.87. The standard InChI is InChI=1S/C9H4Cl3N3O2S/c10-3-1-4(11)8(16)7(6(3)12)14-9(17)5-2-13-18-15-5/h1-2,16H,(H,14,17). The summed E-state index contributed by atoms with van der Waals surface area (Å²) < 4.78 is 7.43. The molecular formula is C9H4Cl3N3O2S. The number of rotatable bonds is 2. The Hall–Kier alpha value is -1.08. The molecule has 0 bridgehead atoms. The van der Waals surface area contributed by atoms with Crippen LogP contribution in [0.15, 0.2) is 12.3 Å². The molecule has 1 aromatic carbocycles. The van der Waals surface area contributed by atoms with E-state index in [9.17, 15) is 9.90 Å². The number of halogens is 3. The highest BCUT2D eigenvalue weighted by atomic mass is 35.5. The molecule has 9 heteroatoms. The zero-order valence-corrected chi connectivity index (χ0v) is 11.5. The van der Waals surface area contributed by atoms with E-state index < -0.39 is 5.91 Å². The number of phenols is 1. The molecule has 1 aromatic heterocycles. The van der Waals surface area contributed by atoms with Gasteiger partial charge in [-0.3, -0.25) is 4.79 Å². The number of amides is 1. The molecule has 0 saturated carbocycles. The molecule has 0 radical (unpaired) electrons. The molecular weight excluding hydrogens is 321 g/mol. The fraction of sp³-hybridized carbons (Fsp3) is 0. The third kappa shape index (κ3) is 2.51. The van der Waals surface area contributed by atoms with Gasteiger partial charge < -0.3 is 10.4 Å². The second kappa shape index (κ2) is 5.27. The van der Waals surface area contributed by atoms with E-state index in [0.29, 0.717) is 0 Å². The lowest BCUT2D eigenvalue weighted by Crippen LogP contribution is -2.12. The fourth-order valence-electron chi connectivity index (χ4n) is 1.14. The summed E-state index contributed by atoms with van der Waals surface area (Å²) in [5.74, 6) is -0.929. The van der Waals surface area contributed by atoms with Crippen LogP contribution in [0.25, 0.3) is 0 Å². The molecule has 2 aromatic rings. The normalized spacial score (nSPS) is 10.4. The maximum absolute atomic E-state index is 11.7. The molecule has 94 valence electrons. The van der Waals surface area contributed by atoms with Crippen LogP contribution in [0.2, 0.25) is 15.1 Å². The number of phenolic OH excluding ortho intramolecular Hbond substituents is 1. The number of nitrogens with zero attached hydrogens (tertiary/aromatic N) is 2. The summed E-state index contributed by atoms with van der Waals surface area (Å²) in [6.07, 6.45) is 1.29. The van der Waals surface area contributed by atoms with Crippen molar-refractivity contribution in [3.63, 3.8) is 0 Å². The molecule has 5 nitrogen and oxygen atoms in total. The zero-order valence-electron chi connectivity index (χ0n) is 8.45. The summed E-state index contributed by atoms with van der Waals surface area (Å²) in [4.78, 5) is 11.7. The topological polar surface area (TPSA) is 75.1 Å². The molecule has 0 fully saturated rings. The average molecular weight is 325 g/mol. The summed E-state index contributed by atoms with van der Waals surface area (Å²) >= 11 is 18.3. The largest absolute Gasteiger partial charge is 0.504 e. The minimum atomic E-state index is -0.570. The smallest absolute Gasteiger partial charge is 0.277 e. The Morgan fingerprint density at radius 1 is 1.33 bits per heavy atom. The molecule has 0 aliphatic heterocycles. The van der Waals surface area contributed by atoms with Crippen molar-refractivity contribution in [3.8, 4) is 5.75 Å². The lowest BCUT2D eigenvalue weighted by molar-refractivity contribution is 0.102. The molecule has 0 spiro atoms. The van der Waals surface area contributed by atoms with Crippen molar-refractivity contribution in [2.75, 3.05) is 5.32 Å². The third-order valence-corrected chi connectivity index (χ3v) is 3.53. The van der Waals surface area contributed by atoms with Crippen LogP contribution >= 0.6 is 46.5 Å². The first kappa shape index (κ1) is 13.4. The average Bonchev–Trinajstić information content (AvgIpc) is 2.85.